The number of anilines is 1. The zero-order valence-electron chi connectivity index (χ0n) is 18.6. The number of azide groups is 1. The van der Waals surface area contributed by atoms with E-state index in [4.69, 9.17) is 10.3 Å². The molecule has 0 bridgehead atoms. The van der Waals surface area contributed by atoms with Crippen LogP contribution < -0.4 is 9.64 Å². The molecule has 0 aliphatic carbocycles. The highest BCUT2D eigenvalue weighted by molar-refractivity contribution is 6.00. The number of carbonyl (C=O) groups is 1. The van der Waals surface area contributed by atoms with E-state index < -0.39 is 12.1 Å². The molecule has 0 aliphatic heterocycles. The number of allylic oxidation sites excluding steroid dienone is 3. The van der Waals surface area contributed by atoms with Gasteiger partial charge in [0.15, 0.2) is 0 Å². The van der Waals surface area contributed by atoms with Crippen molar-refractivity contribution in [3.05, 3.63) is 87.8 Å². The number of hydrogen-bond acceptors (Lipinski definition) is 3. The Morgan fingerprint density at radius 3 is 2.42 bits per heavy atom. The molecular formula is C24H25F3N4O2. The molecule has 33 heavy (non-hydrogen) atoms. The highest BCUT2D eigenvalue weighted by atomic mass is 19.4. The molecule has 1 amide bonds. The number of hydrogen-bond donors (Lipinski definition) is 0. The zero-order chi connectivity index (χ0) is 24.4. The van der Waals surface area contributed by atoms with Gasteiger partial charge >= 0.3 is 12.1 Å². The van der Waals surface area contributed by atoms with E-state index in [1.165, 1.54) is 13.2 Å². The predicted octanol–water partition coefficient (Wildman–Crippen LogP) is 6.84. The van der Waals surface area contributed by atoms with Crippen LogP contribution in [0.5, 0.6) is 5.75 Å². The topological polar surface area (TPSA) is 78.3 Å². The van der Waals surface area contributed by atoms with Gasteiger partial charge in [0.25, 0.3) is 0 Å². The standard InChI is InChI=1S/C24H25F3N4O2/c1-17(2)9-10-19(13-14-29-30-28)21-12-11-20(33-3)15-22(21)31(23(32)24(25,26)27)16-18-7-5-4-6-8-18/h4-12,15H,13-14,16H2,1-3H3/b19-10+. The van der Waals surface area contributed by atoms with E-state index in [2.05, 4.69) is 10.0 Å². The van der Waals surface area contributed by atoms with Crippen molar-refractivity contribution in [1.82, 2.24) is 0 Å². The normalized spacial score (nSPS) is 11.4. The van der Waals surface area contributed by atoms with Gasteiger partial charge in [-0.05, 0) is 49.1 Å². The lowest BCUT2D eigenvalue weighted by atomic mass is 9.98. The molecule has 0 fully saturated rings. The lowest BCUT2D eigenvalue weighted by Gasteiger charge is -2.27. The molecule has 0 atom stereocenters. The SMILES string of the molecule is COc1ccc(/C(=C/C=C(C)C)CCN=[N+]=[N-])c(N(Cc2ccccc2)C(=O)C(F)(F)F)c1. The molecule has 2 aromatic rings. The van der Waals surface area contributed by atoms with Gasteiger partial charge in [-0.2, -0.15) is 13.2 Å². The van der Waals surface area contributed by atoms with Crippen LogP contribution in [0.25, 0.3) is 16.0 Å². The average molecular weight is 458 g/mol. The number of carbonyl (C=O) groups excluding carboxylic acids is 1. The molecule has 0 saturated heterocycles. The van der Waals surface area contributed by atoms with Crippen molar-refractivity contribution < 1.29 is 22.7 Å². The van der Waals surface area contributed by atoms with Crippen LogP contribution in [0.2, 0.25) is 0 Å². The van der Waals surface area contributed by atoms with Crippen LogP contribution in [0.1, 0.15) is 31.4 Å². The third-order valence-electron chi connectivity index (χ3n) is 4.68. The van der Waals surface area contributed by atoms with Gasteiger partial charge in [0, 0.05) is 23.1 Å². The van der Waals surface area contributed by atoms with Crippen LogP contribution in [0.15, 0.2) is 71.4 Å². The molecular weight excluding hydrogens is 433 g/mol. The van der Waals surface area contributed by atoms with Gasteiger partial charge in [-0.3, -0.25) is 9.69 Å². The summed E-state index contributed by atoms with van der Waals surface area (Å²) in [7, 11) is 1.40. The van der Waals surface area contributed by atoms with E-state index in [1.807, 2.05) is 19.9 Å². The Morgan fingerprint density at radius 2 is 1.85 bits per heavy atom. The maximum Gasteiger partial charge on any atom is 0.471 e. The molecule has 0 N–H and O–H groups in total. The number of nitrogens with zero attached hydrogens (tertiary/aromatic N) is 4. The molecule has 0 unspecified atom stereocenters. The Balaban J connectivity index is 2.72. The second-order valence-corrected chi connectivity index (χ2v) is 7.40. The molecule has 9 heteroatoms. The Kier molecular flexibility index (Phi) is 9.12. The second kappa shape index (κ2) is 11.8. The molecule has 0 heterocycles. The molecule has 0 radical (unpaired) electrons. The Bertz CT molecular complexity index is 1070. The fourth-order valence-corrected chi connectivity index (χ4v) is 3.11. The maximum atomic E-state index is 13.6. The quantitative estimate of drug-likeness (QED) is 0.178. The van der Waals surface area contributed by atoms with Crippen LogP contribution in [-0.2, 0) is 11.3 Å². The summed E-state index contributed by atoms with van der Waals surface area (Å²) in [4.78, 5) is 16.0. The highest BCUT2D eigenvalue weighted by Crippen LogP contribution is 2.36. The molecule has 0 saturated carbocycles. The van der Waals surface area contributed by atoms with E-state index >= 15 is 0 Å². The summed E-state index contributed by atoms with van der Waals surface area (Å²) in [6.07, 6.45) is -1.24. The van der Waals surface area contributed by atoms with Crippen LogP contribution >= 0.6 is 0 Å². The van der Waals surface area contributed by atoms with Crippen molar-refractivity contribution in [2.45, 2.75) is 33.0 Å². The van der Waals surface area contributed by atoms with E-state index in [1.54, 1.807) is 48.5 Å². The summed E-state index contributed by atoms with van der Waals surface area (Å²) in [5, 5.41) is 3.55. The first-order chi connectivity index (χ1) is 15.7. The lowest BCUT2D eigenvalue weighted by molar-refractivity contribution is -0.170. The lowest BCUT2D eigenvalue weighted by Crippen LogP contribution is -2.41. The average Bonchev–Trinajstić information content (AvgIpc) is 2.79. The number of rotatable bonds is 9. The van der Waals surface area contributed by atoms with E-state index in [-0.39, 0.29) is 25.2 Å². The number of methoxy groups -OCH3 is 1. The van der Waals surface area contributed by atoms with E-state index in [9.17, 15) is 18.0 Å². The van der Waals surface area contributed by atoms with Gasteiger partial charge in [-0.15, -0.1) is 0 Å². The molecule has 174 valence electrons. The van der Waals surface area contributed by atoms with Gasteiger partial charge in [0.2, 0.25) is 0 Å². The van der Waals surface area contributed by atoms with Crippen molar-refractivity contribution in [2.24, 2.45) is 5.11 Å². The zero-order valence-corrected chi connectivity index (χ0v) is 18.6. The third-order valence-corrected chi connectivity index (χ3v) is 4.68. The first-order valence-corrected chi connectivity index (χ1v) is 10.1. The van der Waals surface area contributed by atoms with Gasteiger partial charge < -0.3 is 4.74 Å². The van der Waals surface area contributed by atoms with Crippen LogP contribution in [0.4, 0.5) is 18.9 Å². The molecule has 2 aromatic carbocycles. The fraction of sp³-hybridized carbons (Fsp3) is 0.292. The minimum absolute atomic E-state index is 0.0508. The van der Waals surface area contributed by atoms with E-state index in [0.717, 1.165) is 5.57 Å². The fourth-order valence-electron chi connectivity index (χ4n) is 3.11. The van der Waals surface area contributed by atoms with Crippen molar-refractivity contribution in [3.8, 4) is 5.75 Å². The van der Waals surface area contributed by atoms with Crippen LogP contribution in [-0.4, -0.2) is 25.7 Å². The molecule has 0 spiro atoms. The summed E-state index contributed by atoms with van der Waals surface area (Å²) < 4.78 is 46.0. The largest absolute Gasteiger partial charge is 0.497 e. The number of halogens is 3. The number of benzene rings is 2. The smallest absolute Gasteiger partial charge is 0.471 e. The first kappa shape index (κ1) is 25.5. The van der Waals surface area contributed by atoms with Gasteiger partial charge in [-0.1, -0.05) is 53.2 Å². The third kappa shape index (κ3) is 7.43. The van der Waals surface area contributed by atoms with Crippen molar-refractivity contribution in [3.63, 3.8) is 0 Å². The minimum atomic E-state index is -5.08. The number of amides is 1. The van der Waals surface area contributed by atoms with Crippen molar-refractivity contribution >= 4 is 17.2 Å². The Morgan fingerprint density at radius 1 is 1.15 bits per heavy atom. The van der Waals surface area contributed by atoms with Crippen molar-refractivity contribution in [2.75, 3.05) is 18.6 Å². The highest BCUT2D eigenvalue weighted by Gasteiger charge is 2.43. The summed E-state index contributed by atoms with van der Waals surface area (Å²) >= 11 is 0. The van der Waals surface area contributed by atoms with E-state index in [0.29, 0.717) is 27.3 Å². The number of alkyl halides is 3. The minimum Gasteiger partial charge on any atom is -0.497 e. The van der Waals surface area contributed by atoms with Gasteiger partial charge in [0.05, 0.1) is 19.3 Å². The summed E-state index contributed by atoms with van der Waals surface area (Å²) in [5.74, 6) is -1.68. The van der Waals surface area contributed by atoms with Crippen molar-refractivity contribution in [1.29, 1.82) is 0 Å². The van der Waals surface area contributed by atoms with Gasteiger partial charge in [-0.25, -0.2) is 0 Å². The molecule has 2 rings (SSSR count). The Hall–Kier alpha value is -3.71. The summed E-state index contributed by atoms with van der Waals surface area (Å²) in [5.41, 5.74) is 11.2. The summed E-state index contributed by atoms with van der Waals surface area (Å²) in [6, 6.07) is 13.1. The Labute approximate surface area is 190 Å². The monoisotopic (exact) mass is 458 g/mol. The predicted molar refractivity (Wildman–Crippen MR) is 123 cm³/mol. The van der Waals surface area contributed by atoms with Gasteiger partial charge in [0.1, 0.15) is 5.75 Å². The number of ether oxygens (including phenoxy) is 1. The summed E-state index contributed by atoms with van der Waals surface area (Å²) in [6.45, 7) is 3.58. The first-order valence-electron chi connectivity index (χ1n) is 10.1. The molecule has 0 aliphatic rings. The van der Waals surface area contributed by atoms with Crippen LogP contribution in [0, 0.1) is 0 Å². The van der Waals surface area contributed by atoms with Crippen LogP contribution in [0.3, 0.4) is 0 Å². The molecule has 0 aromatic heterocycles. The maximum absolute atomic E-state index is 13.6. The molecule has 6 nitrogen and oxygen atoms in total. The second-order valence-electron chi connectivity index (χ2n) is 7.40.